The minimum absolute atomic E-state index is 0.0252. The summed E-state index contributed by atoms with van der Waals surface area (Å²) in [6.07, 6.45) is 4.67. The summed E-state index contributed by atoms with van der Waals surface area (Å²) in [5, 5.41) is 11.1. The van der Waals surface area contributed by atoms with Gasteiger partial charge in [-0.15, -0.1) is 10.2 Å². The van der Waals surface area contributed by atoms with E-state index in [-0.39, 0.29) is 17.9 Å². The standard InChI is InChI=1S/C18H25N5O2/c1-13(2)18-22-21-17(25-18)9-8-16(24)20-14-6-5-11-23(12-14)15-7-3-4-10-19-15/h3-4,7,10,13-14H,5-6,8-9,11-12H2,1-2H3,(H,20,24)/t14-/m0/s1. The van der Waals surface area contributed by atoms with Gasteiger partial charge in [0.1, 0.15) is 5.82 Å². The number of aromatic nitrogens is 3. The first-order valence-electron chi connectivity index (χ1n) is 8.89. The molecule has 0 unspecified atom stereocenters. The fourth-order valence-corrected chi connectivity index (χ4v) is 2.97. The summed E-state index contributed by atoms with van der Waals surface area (Å²) >= 11 is 0. The normalized spacial score (nSPS) is 17.7. The van der Waals surface area contributed by atoms with Crippen LogP contribution in [0.5, 0.6) is 0 Å². The Balaban J connectivity index is 1.47. The van der Waals surface area contributed by atoms with E-state index in [1.165, 1.54) is 0 Å². The number of nitrogens with zero attached hydrogens (tertiary/aromatic N) is 4. The molecule has 0 bridgehead atoms. The average molecular weight is 343 g/mol. The average Bonchev–Trinajstić information content (AvgIpc) is 3.10. The predicted octanol–water partition coefficient (Wildman–Crippen LogP) is 2.31. The van der Waals surface area contributed by atoms with Crippen LogP contribution in [0.15, 0.2) is 28.8 Å². The first-order chi connectivity index (χ1) is 12.1. The Bertz CT molecular complexity index is 686. The number of piperidine rings is 1. The number of carbonyl (C=O) groups is 1. The number of hydrogen-bond donors (Lipinski definition) is 1. The van der Waals surface area contributed by atoms with Crippen molar-refractivity contribution in [3.05, 3.63) is 36.2 Å². The van der Waals surface area contributed by atoms with Crippen molar-refractivity contribution in [2.75, 3.05) is 18.0 Å². The highest BCUT2D eigenvalue weighted by Crippen LogP contribution is 2.17. The Hall–Kier alpha value is -2.44. The van der Waals surface area contributed by atoms with Gasteiger partial charge in [-0.2, -0.15) is 0 Å². The molecular weight excluding hydrogens is 318 g/mol. The van der Waals surface area contributed by atoms with Crippen LogP contribution >= 0.6 is 0 Å². The molecule has 1 amide bonds. The number of pyridine rings is 1. The Kier molecular flexibility index (Phi) is 5.63. The van der Waals surface area contributed by atoms with Crippen LogP contribution in [0.3, 0.4) is 0 Å². The molecule has 0 saturated carbocycles. The van der Waals surface area contributed by atoms with Crippen molar-refractivity contribution in [1.82, 2.24) is 20.5 Å². The molecule has 0 radical (unpaired) electrons. The van der Waals surface area contributed by atoms with Gasteiger partial charge in [-0.1, -0.05) is 19.9 Å². The number of nitrogens with one attached hydrogen (secondary N) is 1. The second kappa shape index (κ2) is 8.09. The summed E-state index contributed by atoms with van der Waals surface area (Å²) in [6, 6.07) is 6.05. The molecule has 1 aliphatic rings. The molecule has 1 fully saturated rings. The molecule has 0 aliphatic carbocycles. The lowest BCUT2D eigenvalue weighted by molar-refractivity contribution is -0.121. The van der Waals surface area contributed by atoms with Gasteiger partial charge < -0.3 is 14.6 Å². The molecule has 3 heterocycles. The Morgan fingerprint density at radius 2 is 2.28 bits per heavy atom. The van der Waals surface area contributed by atoms with Crippen LogP contribution in [-0.4, -0.2) is 40.2 Å². The molecule has 7 heteroatoms. The summed E-state index contributed by atoms with van der Waals surface area (Å²) in [5.41, 5.74) is 0. The van der Waals surface area contributed by atoms with E-state index in [0.29, 0.717) is 24.6 Å². The highest BCUT2D eigenvalue weighted by Gasteiger charge is 2.22. The Morgan fingerprint density at radius 3 is 3.00 bits per heavy atom. The van der Waals surface area contributed by atoms with Crippen LogP contribution < -0.4 is 10.2 Å². The van der Waals surface area contributed by atoms with Gasteiger partial charge >= 0.3 is 0 Å². The molecule has 0 spiro atoms. The van der Waals surface area contributed by atoms with Crippen molar-refractivity contribution >= 4 is 11.7 Å². The lowest BCUT2D eigenvalue weighted by atomic mass is 10.1. The molecule has 1 N–H and O–H groups in total. The number of anilines is 1. The molecule has 25 heavy (non-hydrogen) atoms. The fourth-order valence-electron chi connectivity index (χ4n) is 2.97. The molecule has 134 valence electrons. The van der Waals surface area contributed by atoms with E-state index in [4.69, 9.17) is 4.42 Å². The first-order valence-corrected chi connectivity index (χ1v) is 8.89. The number of carbonyl (C=O) groups excluding carboxylic acids is 1. The van der Waals surface area contributed by atoms with Gasteiger partial charge in [0.15, 0.2) is 0 Å². The summed E-state index contributed by atoms with van der Waals surface area (Å²) in [6.45, 7) is 5.77. The zero-order valence-electron chi connectivity index (χ0n) is 14.8. The van der Waals surface area contributed by atoms with Gasteiger partial charge in [0.05, 0.1) is 0 Å². The molecule has 0 aromatic carbocycles. The lowest BCUT2D eigenvalue weighted by Crippen LogP contribution is -2.48. The fraction of sp³-hybridized carbons (Fsp3) is 0.556. The zero-order valence-corrected chi connectivity index (χ0v) is 14.8. The maximum Gasteiger partial charge on any atom is 0.220 e. The summed E-state index contributed by atoms with van der Waals surface area (Å²) in [7, 11) is 0. The van der Waals surface area contributed by atoms with Gasteiger partial charge in [0, 0.05) is 44.1 Å². The first kappa shape index (κ1) is 17.4. The molecule has 7 nitrogen and oxygen atoms in total. The highest BCUT2D eigenvalue weighted by molar-refractivity contribution is 5.76. The van der Waals surface area contributed by atoms with Crippen LogP contribution in [-0.2, 0) is 11.2 Å². The summed E-state index contributed by atoms with van der Waals surface area (Å²) < 4.78 is 5.54. The van der Waals surface area contributed by atoms with Crippen molar-refractivity contribution in [2.45, 2.75) is 51.5 Å². The van der Waals surface area contributed by atoms with Crippen molar-refractivity contribution in [1.29, 1.82) is 0 Å². The lowest BCUT2D eigenvalue weighted by Gasteiger charge is -2.33. The third kappa shape index (κ3) is 4.78. The number of amides is 1. The van der Waals surface area contributed by atoms with Gasteiger partial charge in [0.25, 0.3) is 0 Å². The maximum absolute atomic E-state index is 12.2. The quantitative estimate of drug-likeness (QED) is 0.866. The zero-order chi connectivity index (χ0) is 17.6. The highest BCUT2D eigenvalue weighted by atomic mass is 16.4. The third-order valence-corrected chi connectivity index (χ3v) is 4.30. The van der Waals surface area contributed by atoms with E-state index < -0.39 is 0 Å². The van der Waals surface area contributed by atoms with E-state index >= 15 is 0 Å². The minimum atomic E-state index is 0.0252. The van der Waals surface area contributed by atoms with Crippen LogP contribution in [0, 0.1) is 0 Å². The maximum atomic E-state index is 12.2. The molecular formula is C18H25N5O2. The molecule has 1 atom stereocenters. The van der Waals surface area contributed by atoms with E-state index in [1.807, 2.05) is 32.0 Å². The molecule has 1 aliphatic heterocycles. The number of hydrogen-bond acceptors (Lipinski definition) is 6. The molecule has 1 saturated heterocycles. The molecule has 3 rings (SSSR count). The Labute approximate surface area is 147 Å². The predicted molar refractivity (Wildman–Crippen MR) is 94.3 cm³/mol. The van der Waals surface area contributed by atoms with Crippen molar-refractivity contribution in [2.24, 2.45) is 0 Å². The SMILES string of the molecule is CC(C)c1nnc(CCC(=O)N[C@H]2CCCN(c3ccccn3)C2)o1. The van der Waals surface area contributed by atoms with Crippen molar-refractivity contribution in [3.63, 3.8) is 0 Å². The second-order valence-electron chi connectivity index (χ2n) is 6.73. The van der Waals surface area contributed by atoms with Crippen molar-refractivity contribution in [3.8, 4) is 0 Å². The summed E-state index contributed by atoms with van der Waals surface area (Å²) in [5.74, 6) is 2.34. The van der Waals surface area contributed by atoms with Crippen LogP contribution in [0.1, 0.15) is 50.8 Å². The van der Waals surface area contributed by atoms with E-state index in [9.17, 15) is 4.79 Å². The largest absolute Gasteiger partial charge is 0.425 e. The van der Waals surface area contributed by atoms with Gasteiger partial charge in [-0.3, -0.25) is 4.79 Å². The topological polar surface area (TPSA) is 84.2 Å². The van der Waals surface area contributed by atoms with Gasteiger partial charge in [-0.25, -0.2) is 4.98 Å². The third-order valence-electron chi connectivity index (χ3n) is 4.30. The Morgan fingerprint density at radius 1 is 1.40 bits per heavy atom. The molecule has 2 aromatic rings. The smallest absolute Gasteiger partial charge is 0.220 e. The van der Waals surface area contributed by atoms with E-state index in [1.54, 1.807) is 6.20 Å². The summed E-state index contributed by atoms with van der Waals surface area (Å²) in [4.78, 5) is 18.9. The minimum Gasteiger partial charge on any atom is -0.425 e. The van der Waals surface area contributed by atoms with Crippen LogP contribution in [0.25, 0.3) is 0 Å². The van der Waals surface area contributed by atoms with Crippen molar-refractivity contribution < 1.29 is 9.21 Å². The molecule has 2 aromatic heterocycles. The van der Waals surface area contributed by atoms with Crippen LogP contribution in [0.2, 0.25) is 0 Å². The second-order valence-corrected chi connectivity index (χ2v) is 6.73. The van der Waals surface area contributed by atoms with Crippen LogP contribution in [0.4, 0.5) is 5.82 Å². The number of aryl methyl sites for hydroxylation is 1. The monoisotopic (exact) mass is 343 g/mol. The van der Waals surface area contributed by atoms with Gasteiger partial charge in [-0.05, 0) is 25.0 Å². The van der Waals surface area contributed by atoms with Gasteiger partial charge in [0.2, 0.25) is 17.7 Å². The van der Waals surface area contributed by atoms with E-state index in [2.05, 4.69) is 25.4 Å². The van der Waals surface area contributed by atoms with E-state index in [0.717, 1.165) is 31.7 Å². The number of rotatable bonds is 6.